The average molecular weight is 162 g/mol. The lowest BCUT2D eigenvalue weighted by molar-refractivity contribution is -0.107. The Balaban J connectivity index is 2.32. The van der Waals surface area contributed by atoms with Crippen molar-refractivity contribution < 1.29 is 9.53 Å². The average Bonchev–Trinajstić information content (AvgIpc) is 2.51. The summed E-state index contributed by atoms with van der Waals surface area (Å²) >= 11 is 0. The van der Waals surface area contributed by atoms with Crippen LogP contribution in [0.25, 0.3) is 0 Å². The summed E-state index contributed by atoms with van der Waals surface area (Å²) in [5.74, 6) is 0. The Kier molecular flexibility index (Phi) is 1.92. The van der Waals surface area contributed by atoms with Gasteiger partial charge >= 0.3 is 0 Å². The maximum Gasteiger partial charge on any atom is 0.124 e. The van der Waals surface area contributed by atoms with Crippen LogP contribution in [-0.4, -0.2) is 6.29 Å². The van der Waals surface area contributed by atoms with E-state index in [1.165, 1.54) is 11.1 Å². The first-order valence-electron chi connectivity index (χ1n) is 4.02. The van der Waals surface area contributed by atoms with Crippen molar-refractivity contribution >= 4 is 6.29 Å². The monoisotopic (exact) mass is 162 g/mol. The summed E-state index contributed by atoms with van der Waals surface area (Å²) in [6.07, 6.45) is 1.44. The molecule has 0 fully saturated rings. The van der Waals surface area contributed by atoms with Crippen LogP contribution in [0.15, 0.2) is 18.2 Å². The highest BCUT2D eigenvalue weighted by Crippen LogP contribution is 2.20. The quantitative estimate of drug-likeness (QED) is 0.615. The number of rotatable bonds is 2. The lowest BCUT2D eigenvalue weighted by Gasteiger charge is -1.98. The molecule has 0 N–H and O–H groups in total. The van der Waals surface area contributed by atoms with Gasteiger partial charge in [0.25, 0.3) is 0 Å². The Morgan fingerprint density at radius 2 is 2.17 bits per heavy atom. The first kappa shape index (κ1) is 7.50. The second-order valence-electron chi connectivity index (χ2n) is 2.97. The van der Waals surface area contributed by atoms with Crippen LogP contribution in [0.1, 0.15) is 16.7 Å². The van der Waals surface area contributed by atoms with E-state index in [9.17, 15) is 4.79 Å². The van der Waals surface area contributed by atoms with Crippen molar-refractivity contribution in [1.29, 1.82) is 0 Å². The van der Waals surface area contributed by atoms with Crippen molar-refractivity contribution in [3.8, 4) is 0 Å². The summed E-state index contributed by atoms with van der Waals surface area (Å²) in [5, 5.41) is 0. The van der Waals surface area contributed by atoms with Crippen LogP contribution in [0, 0.1) is 0 Å². The van der Waals surface area contributed by atoms with Crippen molar-refractivity contribution in [1.82, 2.24) is 0 Å². The molecule has 0 unspecified atom stereocenters. The molecule has 0 atom stereocenters. The van der Waals surface area contributed by atoms with Crippen molar-refractivity contribution in [3.63, 3.8) is 0 Å². The minimum absolute atomic E-state index is 0.507. The van der Waals surface area contributed by atoms with Gasteiger partial charge < -0.3 is 9.53 Å². The van der Waals surface area contributed by atoms with E-state index < -0.39 is 0 Å². The van der Waals surface area contributed by atoms with Gasteiger partial charge in [-0.05, 0) is 16.7 Å². The molecule has 0 spiro atoms. The molecule has 1 aromatic rings. The number of hydrogen-bond donors (Lipinski definition) is 0. The Labute approximate surface area is 71.2 Å². The van der Waals surface area contributed by atoms with Crippen molar-refractivity contribution in [3.05, 3.63) is 34.9 Å². The molecule has 0 saturated heterocycles. The van der Waals surface area contributed by atoms with Gasteiger partial charge in [-0.2, -0.15) is 0 Å². The maximum atomic E-state index is 10.2. The molecule has 62 valence electrons. The Morgan fingerprint density at radius 3 is 3.00 bits per heavy atom. The normalized spacial score (nSPS) is 14.3. The number of carbonyl (C=O) groups excluding carboxylic acids is 1. The van der Waals surface area contributed by atoms with E-state index in [0.717, 1.165) is 18.5 Å². The van der Waals surface area contributed by atoms with Gasteiger partial charge in [0.05, 0.1) is 13.2 Å². The van der Waals surface area contributed by atoms with Crippen LogP contribution in [0.5, 0.6) is 0 Å². The lowest BCUT2D eigenvalue weighted by atomic mass is 10.1. The molecule has 0 saturated carbocycles. The largest absolute Gasteiger partial charge is 0.372 e. The SMILES string of the molecule is O=CCc1ccc2c(c1)COC2. The molecule has 2 rings (SSSR count). The van der Waals surface area contributed by atoms with E-state index in [0.29, 0.717) is 13.0 Å². The molecule has 0 amide bonds. The topological polar surface area (TPSA) is 26.3 Å². The van der Waals surface area contributed by atoms with Crippen LogP contribution in [0.4, 0.5) is 0 Å². The van der Waals surface area contributed by atoms with Gasteiger partial charge in [0.15, 0.2) is 0 Å². The van der Waals surface area contributed by atoms with E-state index in [1.807, 2.05) is 12.1 Å². The first-order valence-corrected chi connectivity index (χ1v) is 4.02. The van der Waals surface area contributed by atoms with Gasteiger partial charge in [-0.1, -0.05) is 18.2 Å². The summed E-state index contributed by atoms with van der Waals surface area (Å²) in [4.78, 5) is 10.2. The van der Waals surface area contributed by atoms with Crippen LogP contribution in [-0.2, 0) is 29.2 Å². The third-order valence-electron chi connectivity index (χ3n) is 2.10. The van der Waals surface area contributed by atoms with Crippen molar-refractivity contribution in [2.24, 2.45) is 0 Å². The molecule has 1 aliphatic rings. The zero-order valence-electron chi connectivity index (χ0n) is 6.75. The Bertz CT molecular complexity index is 305. The number of benzene rings is 1. The fourth-order valence-electron chi connectivity index (χ4n) is 1.45. The predicted octanol–water partition coefficient (Wildman–Crippen LogP) is 1.46. The van der Waals surface area contributed by atoms with Crippen LogP contribution in [0.3, 0.4) is 0 Å². The maximum absolute atomic E-state index is 10.2. The molecule has 2 nitrogen and oxygen atoms in total. The first-order chi connectivity index (χ1) is 5.90. The zero-order chi connectivity index (χ0) is 8.39. The summed E-state index contributed by atoms with van der Waals surface area (Å²) in [6, 6.07) is 6.08. The third kappa shape index (κ3) is 1.25. The number of ether oxygens (including phenoxy) is 1. The summed E-state index contributed by atoms with van der Waals surface area (Å²) in [7, 11) is 0. The van der Waals surface area contributed by atoms with Gasteiger partial charge in [0, 0.05) is 6.42 Å². The lowest BCUT2D eigenvalue weighted by Crippen LogP contribution is -1.89. The highest BCUT2D eigenvalue weighted by molar-refractivity contribution is 5.55. The second kappa shape index (κ2) is 3.07. The van der Waals surface area contributed by atoms with E-state index >= 15 is 0 Å². The minimum Gasteiger partial charge on any atom is -0.372 e. The molecule has 1 aromatic carbocycles. The molecule has 1 aliphatic heterocycles. The standard InChI is InChI=1S/C10H10O2/c11-4-3-8-1-2-9-6-12-7-10(9)5-8/h1-2,4-5H,3,6-7H2. The number of aldehydes is 1. The van der Waals surface area contributed by atoms with Crippen LogP contribution in [0.2, 0.25) is 0 Å². The zero-order valence-corrected chi connectivity index (χ0v) is 6.75. The fourth-order valence-corrected chi connectivity index (χ4v) is 1.45. The van der Waals surface area contributed by atoms with E-state index in [2.05, 4.69) is 6.07 Å². The molecular formula is C10H10O2. The van der Waals surface area contributed by atoms with E-state index in [4.69, 9.17) is 4.74 Å². The molecule has 0 radical (unpaired) electrons. The molecule has 2 heteroatoms. The van der Waals surface area contributed by atoms with Gasteiger partial charge in [0.2, 0.25) is 0 Å². The van der Waals surface area contributed by atoms with Crippen molar-refractivity contribution in [2.45, 2.75) is 19.6 Å². The van der Waals surface area contributed by atoms with Crippen LogP contribution < -0.4 is 0 Å². The number of fused-ring (bicyclic) bond motifs is 1. The molecule has 0 aliphatic carbocycles. The van der Waals surface area contributed by atoms with Crippen LogP contribution >= 0.6 is 0 Å². The van der Waals surface area contributed by atoms with Gasteiger partial charge in [-0.25, -0.2) is 0 Å². The number of carbonyl (C=O) groups is 1. The Hall–Kier alpha value is -1.15. The second-order valence-corrected chi connectivity index (χ2v) is 2.97. The predicted molar refractivity (Wildman–Crippen MR) is 44.7 cm³/mol. The molecule has 1 heterocycles. The fraction of sp³-hybridized carbons (Fsp3) is 0.300. The Morgan fingerprint density at radius 1 is 1.33 bits per heavy atom. The number of hydrogen-bond acceptors (Lipinski definition) is 2. The molecule has 12 heavy (non-hydrogen) atoms. The highest BCUT2D eigenvalue weighted by Gasteiger charge is 2.10. The summed E-state index contributed by atoms with van der Waals surface area (Å²) in [6.45, 7) is 1.42. The van der Waals surface area contributed by atoms with E-state index in [1.54, 1.807) is 0 Å². The highest BCUT2D eigenvalue weighted by atomic mass is 16.5. The van der Waals surface area contributed by atoms with E-state index in [-0.39, 0.29) is 0 Å². The molecule has 0 bridgehead atoms. The van der Waals surface area contributed by atoms with Gasteiger partial charge in [-0.15, -0.1) is 0 Å². The third-order valence-corrected chi connectivity index (χ3v) is 2.10. The summed E-state index contributed by atoms with van der Waals surface area (Å²) < 4.78 is 5.26. The smallest absolute Gasteiger partial charge is 0.124 e. The summed E-state index contributed by atoms with van der Waals surface area (Å²) in [5.41, 5.74) is 3.56. The molecule has 0 aromatic heterocycles. The van der Waals surface area contributed by atoms with Crippen molar-refractivity contribution in [2.75, 3.05) is 0 Å². The van der Waals surface area contributed by atoms with Gasteiger partial charge in [0.1, 0.15) is 6.29 Å². The minimum atomic E-state index is 0.507. The van der Waals surface area contributed by atoms with Gasteiger partial charge in [-0.3, -0.25) is 0 Å². The molecular weight excluding hydrogens is 152 g/mol.